The predicted octanol–water partition coefficient (Wildman–Crippen LogP) is 3.02. The number of methoxy groups -OCH3 is 1. The second-order valence-electron chi connectivity index (χ2n) is 5.05. The maximum Gasteiger partial charge on any atom is 0.118 e. The van der Waals surface area contributed by atoms with Crippen LogP contribution in [0.25, 0.3) is 0 Å². The molecular weight excluding hydrogens is 210 g/mol. The lowest BCUT2D eigenvalue weighted by Gasteiger charge is -2.15. The van der Waals surface area contributed by atoms with Gasteiger partial charge < -0.3 is 10.1 Å². The van der Waals surface area contributed by atoms with Gasteiger partial charge in [-0.2, -0.15) is 0 Å². The van der Waals surface area contributed by atoms with Crippen LogP contribution in [-0.4, -0.2) is 20.2 Å². The molecule has 1 aromatic carbocycles. The highest BCUT2D eigenvalue weighted by Crippen LogP contribution is 2.34. The van der Waals surface area contributed by atoms with Gasteiger partial charge in [0.05, 0.1) is 7.11 Å². The predicted molar refractivity (Wildman–Crippen MR) is 71.5 cm³/mol. The first-order chi connectivity index (χ1) is 8.31. The monoisotopic (exact) mass is 233 g/mol. The molecule has 1 aliphatic rings. The zero-order chi connectivity index (χ0) is 12.1. The standard InChI is InChI=1S/C15H23NO/c1-16-14(11-13-3-4-13)8-5-12-6-9-15(17-2)10-7-12/h6-7,9-10,13-14,16H,3-5,8,11H2,1-2H3. The van der Waals surface area contributed by atoms with Gasteiger partial charge in [0, 0.05) is 6.04 Å². The van der Waals surface area contributed by atoms with Crippen LogP contribution < -0.4 is 10.1 Å². The molecule has 0 saturated heterocycles. The van der Waals surface area contributed by atoms with E-state index in [2.05, 4.69) is 24.5 Å². The van der Waals surface area contributed by atoms with E-state index in [0.29, 0.717) is 6.04 Å². The van der Waals surface area contributed by atoms with E-state index in [1.54, 1.807) is 7.11 Å². The summed E-state index contributed by atoms with van der Waals surface area (Å²) in [4.78, 5) is 0. The Morgan fingerprint density at radius 2 is 2.00 bits per heavy atom. The summed E-state index contributed by atoms with van der Waals surface area (Å²) in [6.45, 7) is 0. The van der Waals surface area contributed by atoms with E-state index in [1.807, 2.05) is 12.1 Å². The van der Waals surface area contributed by atoms with Gasteiger partial charge in [0.15, 0.2) is 0 Å². The van der Waals surface area contributed by atoms with Crippen molar-refractivity contribution in [2.24, 2.45) is 5.92 Å². The summed E-state index contributed by atoms with van der Waals surface area (Å²) in [5.74, 6) is 1.94. The maximum absolute atomic E-state index is 5.16. The average Bonchev–Trinajstić information content (AvgIpc) is 3.19. The molecule has 0 aliphatic heterocycles. The van der Waals surface area contributed by atoms with Crippen molar-refractivity contribution in [2.75, 3.05) is 14.2 Å². The van der Waals surface area contributed by atoms with E-state index in [1.165, 1.54) is 31.2 Å². The summed E-state index contributed by atoms with van der Waals surface area (Å²) in [7, 11) is 3.79. The third-order valence-electron chi connectivity index (χ3n) is 3.66. The van der Waals surface area contributed by atoms with Crippen LogP contribution in [0.4, 0.5) is 0 Å². The highest BCUT2D eigenvalue weighted by molar-refractivity contribution is 5.27. The van der Waals surface area contributed by atoms with Crippen LogP contribution in [0.5, 0.6) is 5.75 Å². The molecule has 1 aromatic rings. The topological polar surface area (TPSA) is 21.3 Å². The minimum Gasteiger partial charge on any atom is -0.497 e. The molecular formula is C15H23NO. The molecule has 0 aromatic heterocycles. The fourth-order valence-corrected chi connectivity index (χ4v) is 2.27. The van der Waals surface area contributed by atoms with Gasteiger partial charge in [0.2, 0.25) is 0 Å². The van der Waals surface area contributed by atoms with E-state index in [9.17, 15) is 0 Å². The summed E-state index contributed by atoms with van der Waals surface area (Å²) < 4.78 is 5.16. The highest BCUT2D eigenvalue weighted by atomic mass is 16.5. The number of benzene rings is 1. The fourth-order valence-electron chi connectivity index (χ4n) is 2.27. The van der Waals surface area contributed by atoms with Crippen LogP contribution in [-0.2, 0) is 6.42 Å². The fraction of sp³-hybridized carbons (Fsp3) is 0.600. The molecule has 1 atom stereocenters. The summed E-state index contributed by atoms with van der Waals surface area (Å²) in [6.07, 6.45) is 6.63. The van der Waals surface area contributed by atoms with E-state index in [-0.39, 0.29) is 0 Å². The van der Waals surface area contributed by atoms with Crippen molar-refractivity contribution >= 4 is 0 Å². The molecule has 0 amide bonds. The molecule has 0 radical (unpaired) electrons. The largest absolute Gasteiger partial charge is 0.497 e. The van der Waals surface area contributed by atoms with E-state index in [0.717, 1.165) is 18.1 Å². The van der Waals surface area contributed by atoms with Crippen molar-refractivity contribution in [3.05, 3.63) is 29.8 Å². The number of ether oxygens (including phenoxy) is 1. The molecule has 0 bridgehead atoms. The molecule has 1 N–H and O–H groups in total. The van der Waals surface area contributed by atoms with Crippen molar-refractivity contribution in [3.8, 4) is 5.75 Å². The molecule has 2 heteroatoms. The van der Waals surface area contributed by atoms with Gasteiger partial charge in [-0.1, -0.05) is 25.0 Å². The number of nitrogens with one attached hydrogen (secondary N) is 1. The first kappa shape index (κ1) is 12.4. The maximum atomic E-state index is 5.16. The minimum atomic E-state index is 0.685. The highest BCUT2D eigenvalue weighted by Gasteiger charge is 2.24. The summed E-state index contributed by atoms with van der Waals surface area (Å²) in [6, 6.07) is 9.12. The zero-order valence-electron chi connectivity index (χ0n) is 10.9. The normalized spacial score (nSPS) is 16.8. The van der Waals surface area contributed by atoms with Crippen molar-refractivity contribution in [1.29, 1.82) is 0 Å². The van der Waals surface area contributed by atoms with Crippen LogP contribution in [0.15, 0.2) is 24.3 Å². The van der Waals surface area contributed by atoms with Gasteiger partial charge in [-0.15, -0.1) is 0 Å². The lowest BCUT2D eigenvalue weighted by molar-refractivity contribution is 0.414. The third kappa shape index (κ3) is 4.04. The first-order valence-electron chi connectivity index (χ1n) is 6.62. The molecule has 17 heavy (non-hydrogen) atoms. The van der Waals surface area contributed by atoms with Gasteiger partial charge in [-0.05, 0) is 49.9 Å². The number of hydrogen-bond donors (Lipinski definition) is 1. The minimum absolute atomic E-state index is 0.685. The van der Waals surface area contributed by atoms with Gasteiger partial charge in [0.25, 0.3) is 0 Å². The van der Waals surface area contributed by atoms with Crippen molar-refractivity contribution < 1.29 is 4.74 Å². The number of aryl methyl sites for hydroxylation is 1. The molecule has 94 valence electrons. The van der Waals surface area contributed by atoms with Gasteiger partial charge in [-0.25, -0.2) is 0 Å². The summed E-state index contributed by atoms with van der Waals surface area (Å²) in [5, 5.41) is 3.44. The second-order valence-corrected chi connectivity index (χ2v) is 5.05. The smallest absolute Gasteiger partial charge is 0.118 e. The van der Waals surface area contributed by atoms with E-state index >= 15 is 0 Å². The van der Waals surface area contributed by atoms with Crippen LogP contribution in [0.2, 0.25) is 0 Å². The molecule has 0 heterocycles. The van der Waals surface area contributed by atoms with E-state index in [4.69, 9.17) is 4.74 Å². The zero-order valence-corrected chi connectivity index (χ0v) is 10.9. The molecule has 1 fully saturated rings. The average molecular weight is 233 g/mol. The van der Waals surface area contributed by atoms with Crippen molar-refractivity contribution in [1.82, 2.24) is 5.32 Å². The quantitative estimate of drug-likeness (QED) is 0.781. The number of hydrogen-bond acceptors (Lipinski definition) is 2. The molecule has 1 aliphatic carbocycles. The first-order valence-corrected chi connectivity index (χ1v) is 6.62. The summed E-state index contributed by atoms with van der Waals surface area (Å²) in [5.41, 5.74) is 1.40. The second kappa shape index (κ2) is 6.06. The SMILES string of the molecule is CNC(CCc1ccc(OC)cc1)CC1CC1. The Kier molecular flexibility index (Phi) is 4.43. The lowest BCUT2D eigenvalue weighted by Crippen LogP contribution is -2.26. The van der Waals surface area contributed by atoms with Crippen LogP contribution >= 0.6 is 0 Å². The Hall–Kier alpha value is -1.02. The van der Waals surface area contributed by atoms with Crippen molar-refractivity contribution in [2.45, 2.75) is 38.1 Å². The Labute approximate surface area is 104 Å². The molecule has 2 nitrogen and oxygen atoms in total. The molecule has 2 rings (SSSR count). The van der Waals surface area contributed by atoms with Crippen LogP contribution in [0.1, 0.15) is 31.2 Å². The van der Waals surface area contributed by atoms with Gasteiger partial charge in [0.1, 0.15) is 5.75 Å². The van der Waals surface area contributed by atoms with Gasteiger partial charge >= 0.3 is 0 Å². The lowest BCUT2D eigenvalue weighted by atomic mass is 10.0. The summed E-state index contributed by atoms with van der Waals surface area (Å²) >= 11 is 0. The third-order valence-corrected chi connectivity index (χ3v) is 3.66. The Bertz CT molecular complexity index is 329. The van der Waals surface area contributed by atoms with E-state index < -0.39 is 0 Å². The Balaban J connectivity index is 1.78. The molecule has 1 unspecified atom stereocenters. The van der Waals surface area contributed by atoms with Crippen molar-refractivity contribution in [3.63, 3.8) is 0 Å². The Morgan fingerprint density at radius 3 is 2.53 bits per heavy atom. The van der Waals surface area contributed by atoms with Gasteiger partial charge in [-0.3, -0.25) is 0 Å². The van der Waals surface area contributed by atoms with Crippen LogP contribution in [0.3, 0.4) is 0 Å². The number of rotatable bonds is 7. The van der Waals surface area contributed by atoms with Crippen LogP contribution in [0, 0.1) is 5.92 Å². The Morgan fingerprint density at radius 1 is 1.29 bits per heavy atom. The molecule has 1 saturated carbocycles. The molecule has 0 spiro atoms.